The molecule has 1 rings (SSSR count). The Labute approximate surface area is 119 Å². The minimum Gasteiger partial charge on any atom is -0.481 e. The van der Waals surface area contributed by atoms with Crippen LogP contribution >= 0.6 is 0 Å². The van der Waals surface area contributed by atoms with E-state index in [0.29, 0.717) is 12.8 Å². The number of carboxylic acid groups (broad SMARTS) is 1. The van der Waals surface area contributed by atoms with Crippen LogP contribution in [0.3, 0.4) is 0 Å². The number of hydrogen-bond donors (Lipinski definition) is 2. The van der Waals surface area contributed by atoms with Crippen molar-refractivity contribution in [2.75, 3.05) is 12.3 Å². The maximum absolute atomic E-state index is 11.7. The Bertz CT molecular complexity index is 463. The fourth-order valence-electron chi connectivity index (χ4n) is 2.36. The van der Waals surface area contributed by atoms with E-state index in [4.69, 9.17) is 0 Å². The highest BCUT2D eigenvalue weighted by Crippen LogP contribution is 2.35. The smallest absolute Gasteiger partial charge is 0.311 e. The molecule has 0 radical (unpaired) electrons. The molecular formula is C13H23NO5S. The molecule has 1 amide bonds. The number of rotatable bonds is 6. The minimum absolute atomic E-state index is 0.00871. The molecule has 0 aromatic rings. The maximum atomic E-state index is 11.7. The molecule has 0 unspecified atom stereocenters. The lowest BCUT2D eigenvalue weighted by Gasteiger charge is -2.33. The highest BCUT2D eigenvalue weighted by molar-refractivity contribution is 7.92. The Morgan fingerprint density at radius 1 is 1.20 bits per heavy atom. The molecule has 0 aromatic carbocycles. The zero-order valence-corrected chi connectivity index (χ0v) is 12.8. The van der Waals surface area contributed by atoms with Crippen LogP contribution < -0.4 is 5.32 Å². The molecule has 1 saturated carbocycles. The number of aliphatic carboxylic acids is 1. The van der Waals surface area contributed by atoms with Gasteiger partial charge in [-0.25, -0.2) is 8.42 Å². The van der Waals surface area contributed by atoms with Gasteiger partial charge in [0.2, 0.25) is 5.91 Å². The van der Waals surface area contributed by atoms with Gasteiger partial charge in [0.1, 0.15) is 5.75 Å². The van der Waals surface area contributed by atoms with Crippen LogP contribution in [0.5, 0.6) is 0 Å². The van der Waals surface area contributed by atoms with E-state index >= 15 is 0 Å². The molecule has 0 aromatic heterocycles. The third-order valence-corrected chi connectivity index (χ3v) is 6.04. The number of sulfone groups is 1. The van der Waals surface area contributed by atoms with Crippen LogP contribution in [-0.2, 0) is 19.4 Å². The lowest BCUT2D eigenvalue weighted by molar-refractivity contribution is -0.150. The molecule has 116 valence electrons. The van der Waals surface area contributed by atoms with Gasteiger partial charge in [0.15, 0.2) is 9.84 Å². The van der Waals surface area contributed by atoms with Crippen LogP contribution in [0.4, 0.5) is 0 Å². The minimum atomic E-state index is -3.45. The van der Waals surface area contributed by atoms with Crippen molar-refractivity contribution in [1.29, 1.82) is 0 Å². The third kappa shape index (κ3) is 4.19. The van der Waals surface area contributed by atoms with Crippen LogP contribution in [0.1, 0.15) is 46.0 Å². The normalized spacial score (nSPS) is 18.8. The van der Waals surface area contributed by atoms with E-state index in [0.717, 1.165) is 19.3 Å². The summed E-state index contributed by atoms with van der Waals surface area (Å²) in [7, 11) is -3.45. The Morgan fingerprint density at radius 3 is 2.20 bits per heavy atom. The molecule has 7 heteroatoms. The van der Waals surface area contributed by atoms with Crippen LogP contribution in [0.25, 0.3) is 0 Å². The lowest BCUT2D eigenvalue weighted by Crippen LogP contribution is -2.46. The van der Waals surface area contributed by atoms with Gasteiger partial charge in [-0.1, -0.05) is 19.3 Å². The van der Waals surface area contributed by atoms with Gasteiger partial charge in [-0.2, -0.15) is 0 Å². The Kier molecular flexibility index (Phi) is 5.56. The second-order valence-electron chi connectivity index (χ2n) is 5.78. The van der Waals surface area contributed by atoms with Crippen molar-refractivity contribution in [3.63, 3.8) is 0 Å². The summed E-state index contributed by atoms with van der Waals surface area (Å²) in [4.78, 5) is 23.1. The van der Waals surface area contributed by atoms with Crippen molar-refractivity contribution in [3.8, 4) is 0 Å². The van der Waals surface area contributed by atoms with E-state index in [1.807, 2.05) is 0 Å². The summed E-state index contributed by atoms with van der Waals surface area (Å²) in [6.07, 6.45) is 3.71. The van der Waals surface area contributed by atoms with E-state index < -0.39 is 38.1 Å². The van der Waals surface area contributed by atoms with E-state index in [-0.39, 0.29) is 6.54 Å². The van der Waals surface area contributed by atoms with Crippen LogP contribution in [-0.4, -0.2) is 42.9 Å². The summed E-state index contributed by atoms with van der Waals surface area (Å²) in [5.41, 5.74) is -0.935. The Morgan fingerprint density at radius 2 is 1.75 bits per heavy atom. The monoisotopic (exact) mass is 305 g/mol. The van der Waals surface area contributed by atoms with Crippen LogP contribution in [0, 0.1) is 5.41 Å². The largest absolute Gasteiger partial charge is 0.481 e. The van der Waals surface area contributed by atoms with E-state index in [9.17, 15) is 23.1 Å². The van der Waals surface area contributed by atoms with E-state index in [1.165, 1.54) is 13.8 Å². The third-order valence-electron chi connectivity index (χ3n) is 3.94. The maximum Gasteiger partial charge on any atom is 0.311 e. The quantitative estimate of drug-likeness (QED) is 0.761. The first-order valence-corrected chi connectivity index (χ1v) is 8.63. The molecule has 1 fully saturated rings. The van der Waals surface area contributed by atoms with Gasteiger partial charge in [0.05, 0.1) is 10.7 Å². The molecule has 0 aliphatic heterocycles. The molecule has 20 heavy (non-hydrogen) atoms. The number of carbonyl (C=O) groups is 2. The predicted molar refractivity (Wildman–Crippen MR) is 75.1 cm³/mol. The fraction of sp³-hybridized carbons (Fsp3) is 0.846. The zero-order valence-electron chi connectivity index (χ0n) is 12.0. The van der Waals surface area contributed by atoms with Gasteiger partial charge >= 0.3 is 5.97 Å². The van der Waals surface area contributed by atoms with Crippen molar-refractivity contribution in [2.24, 2.45) is 5.41 Å². The standard InChI is InChI=1S/C13H23NO5S/c1-10(2)20(18,19)8-11(15)14-9-13(12(16)17)6-4-3-5-7-13/h10H,3-9H2,1-2H3,(H,14,15)(H,16,17). The second kappa shape index (κ2) is 6.56. The van der Waals surface area contributed by atoms with Crippen LogP contribution in [0.15, 0.2) is 0 Å². The summed E-state index contributed by atoms with van der Waals surface area (Å²) in [6, 6.07) is 0. The molecular weight excluding hydrogens is 282 g/mol. The molecule has 6 nitrogen and oxygen atoms in total. The van der Waals surface area contributed by atoms with Gasteiger partial charge in [0, 0.05) is 6.54 Å². The van der Waals surface area contributed by atoms with Gasteiger partial charge in [-0.05, 0) is 26.7 Å². The summed E-state index contributed by atoms with van der Waals surface area (Å²) in [5.74, 6) is -2.12. The van der Waals surface area contributed by atoms with Crippen molar-refractivity contribution in [3.05, 3.63) is 0 Å². The molecule has 0 atom stereocenters. The van der Waals surface area contributed by atoms with Gasteiger partial charge < -0.3 is 10.4 Å². The number of carbonyl (C=O) groups excluding carboxylic acids is 1. The highest BCUT2D eigenvalue weighted by Gasteiger charge is 2.40. The second-order valence-corrected chi connectivity index (χ2v) is 8.34. The molecule has 0 heterocycles. The Balaban J connectivity index is 2.60. The summed E-state index contributed by atoms with van der Waals surface area (Å²) < 4.78 is 23.3. The highest BCUT2D eigenvalue weighted by atomic mass is 32.2. The van der Waals surface area contributed by atoms with E-state index in [1.54, 1.807) is 0 Å². The topological polar surface area (TPSA) is 101 Å². The first kappa shape index (κ1) is 16.9. The molecule has 0 spiro atoms. The average molecular weight is 305 g/mol. The van der Waals surface area contributed by atoms with Gasteiger partial charge in [-0.3, -0.25) is 9.59 Å². The molecule has 0 bridgehead atoms. The zero-order chi connectivity index (χ0) is 15.4. The summed E-state index contributed by atoms with van der Waals surface area (Å²) >= 11 is 0. The van der Waals surface area contributed by atoms with Crippen molar-refractivity contribution in [1.82, 2.24) is 5.32 Å². The predicted octanol–water partition coefficient (Wildman–Crippen LogP) is 0.961. The van der Waals surface area contributed by atoms with Crippen molar-refractivity contribution >= 4 is 21.7 Å². The van der Waals surface area contributed by atoms with E-state index in [2.05, 4.69) is 5.32 Å². The number of carboxylic acids is 1. The number of hydrogen-bond acceptors (Lipinski definition) is 4. The first-order valence-electron chi connectivity index (χ1n) is 6.91. The first-order chi connectivity index (χ1) is 9.19. The van der Waals surface area contributed by atoms with Crippen molar-refractivity contribution in [2.45, 2.75) is 51.2 Å². The van der Waals surface area contributed by atoms with Crippen LogP contribution in [0.2, 0.25) is 0 Å². The fourth-order valence-corrected chi connectivity index (χ4v) is 3.16. The van der Waals surface area contributed by atoms with Gasteiger partial charge in [-0.15, -0.1) is 0 Å². The lowest BCUT2D eigenvalue weighted by atomic mass is 9.74. The summed E-state index contributed by atoms with van der Waals surface area (Å²) in [5, 5.41) is 11.2. The Hall–Kier alpha value is -1.11. The number of nitrogens with one attached hydrogen (secondary N) is 1. The molecule has 0 saturated heterocycles. The summed E-state index contributed by atoms with van der Waals surface area (Å²) in [6.45, 7) is 3.04. The molecule has 2 N–H and O–H groups in total. The average Bonchev–Trinajstić information content (AvgIpc) is 2.36. The number of amides is 1. The van der Waals surface area contributed by atoms with Gasteiger partial charge in [0.25, 0.3) is 0 Å². The SMILES string of the molecule is CC(C)S(=O)(=O)CC(=O)NCC1(C(=O)O)CCCCC1. The van der Waals surface area contributed by atoms with Crippen molar-refractivity contribution < 1.29 is 23.1 Å². The molecule has 1 aliphatic carbocycles. The molecule has 1 aliphatic rings.